The largest absolute Gasteiger partial charge is 0.444 e. The Morgan fingerprint density at radius 3 is 2.73 bits per heavy atom. The molecule has 0 aliphatic carbocycles. The molecular weight excluding hydrogens is 637 g/mol. The molecule has 6 rings (SSSR count). The van der Waals surface area contributed by atoms with E-state index >= 15 is 4.39 Å². The fraction of sp³-hybridized carbons (Fsp3) is 0.323. The van der Waals surface area contributed by atoms with Gasteiger partial charge < -0.3 is 14.8 Å². The van der Waals surface area contributed by atoms with Crippen molar-refractivity contribution in [1.29, 1.82) is 5.26 Å². The van der Waals surface area contributed by atoms with Crippen molar-refractivity contribution >= 4 is 72.6 Å². The van der Waals surface area contributed by atoms with Gasteiger partial charge in [0.2, 0.25) is 0 Å². The second-order valence-corrected chi connectivity index (χ2v) is 14.0. The van der Waals surface area contributed by atoms with Crippen LogP contribution in [0.3, 0.4) is 0 Å². The summed E-state index contributed by atoms with van der Waals surface area (Å²) in [4.78, 5) is 22.3. The third kappa shape index (κ3) is 5.91. The lowest BCUT2D eigenvalue weighted by molar-refractivity contribution is 0.0636. The molecule has 0 bridgehead atoms. The highest BCUT2D eigenvalue weighted by Gasteiger charge is 2.30. The minimum atomic E-state index is -0.759. The lowest BCUT2D eigenvalue weighted by atomic mass is 9.91. The highest BCUT2D eigenvalue weighted by molar-refractivity contribution is 7.99. The monoisotopic (exact) mass is 665 g/mol. The number of nitrogens with one attached hydrogen (secondary N) is 3. The van der Waals surface area contributed by atoms with E-state index in [0.29, 0.717) is 51.2 Å². The molecule has 1 aliphatic heterocycles. The van der Waals surface area contributed by atoms with Crippen LogP contribution in [-0.2, 0) is 29.2 Å². The normalized spacial score (nSPS) is 12.8. The summed E-state index contributed by atoms with van der Waals surface area (Å²) in [5, 5.41) is 25.7. The molecule has 0 saturated heterocycles. The van der Waals surface area contributed by atoms with E-state index in [1.165, 1.54) is 17.8 Å². The number of carbonyl (C=O) groups excluding carboxylic acids is 1. The first-order valence-electron chi connectivity index (χ1n) is 14.1. The fourth-order valence-corrected chi connectivity index (χ4v) is 7.32. The molecule has 10 nitrogen and oxygen atoms in total. The number of nitriles is 1. The molecular formula is C31H29ClFN7O3S2. The molecule has 0 unspecified atom stereocenters. The van der Waals surface area contributed by atoms with E-state index in [1.807, 2.05) is 19.9 Å². The first kappa shape index (κ1) is 31.0. The zero-order valence-corrected chi connectivity index (χ0v) is 27.5. The Hall–Kier alpha value is -3.96. The molecule has 232 valence electrons. The van der Waals surface area contributed by atoms with E-state index in [0.717, 1.165) is 45.0 Å². The molecule has 1 aliphatic rings. The van der Waals surface area contributed by atoms with E-state index in [4.69, 9.17) is 31.0 Å². The average Bonchev–Trinajstić information content (AvgIpc) is 3.71. The number of thiophene rings is 1. The number of aryl methyl sites for hydroxylation is 1. The fourth-order valence-electron chi connectivity index (χ4n) is 5.33. The van der Waals surface area contributed by atoms with E-state index in [1.54, 1.807) is 26.8 Å². The van der Waals surface area contributed by atoms with Crippen LogP contribution in [0.25, 0.3) is 32.1 Å². The topological polar surface area (TPSA) is 138 Å². The smallest absolute Gasteiger partial charge is 0.412 e. The summed E-state index contributed by atoms with van der Waals surface area (Å²) in [6.45, 7) is 10.1. The number of carbonyl (C=O) groups is 1. The molecule has 2 aromatic carbocycles. The van der Waals surface area contributed by atoms with Gasteiger partial charge in [0.1, 0.15) is 28.3 Å². The Kier molecular flexibility index (Phi) is 8.34. The molecule has 45 heavy (non-hydrogen) atoms. The van der Waals surface area contributed by atoms with E-state index < -0.39 is 17.5 Å². The molecule has 0 spiro atoms. The quantitative estimate of drug-likeness (QED) is 0.116. The summed E-state index contributed by atoms with van der Waals surface area (Å²) in [6, 6.07) is 7.07. The Morgan fingerprint density at radius 2 is 2.04 bits per heavy atom. The van der Waals surface area contributed by atoms with Crippen LogP contribution < -0.4 is 10.6 Å². The van der Waals surface area contributed by atoms with Gasteiger partial charge in [-0.25, -0.2) is 19.2 Å². The molecule has 0 fully saturated rings. The molecule has 0 atom stereocenters. The van der Waals surface area contributed by atoms with Crippen LogP contribution in [-0.4, -0.2) is 37.6 Å². The maximum absolute atomic E-state index is 15.3. The molecule has 5 aromatic rings. The SMILES string of the molecule is CCSc1nc(NCc2cc(C)n[nH]2)c2c3c(c(-c4ccc(F)c5sc(NC(=O)OC(C)(C)C)c(C#N)c45)c(Cl)c2n1)COC3. The van der Waals surface area contributed by atoms with Crippen LogP contribution in [0, 0.1) is 24.1 Å². The van der Waals surface area contributed by atoms with Gasteiger partial charge in [-0.3, -0.25) is 10.4 Å². The van der Waals surface area contributed by atoms with Gasteiger partial charge in [0.25, 0.3) is 0 Å². The third-order valence-corrected chi connectivity index (χ3v) is 9.25. The summed E-state index contributed by atoms with van der Waals surface area (Å²) in [6.07, 6.45) is -0.742. The number of aromatic nitrogens is 4. The van der Waals surface area contributed by atoms with Crippen molar-refractivity contribution < 1.29 is 18.7 Å². The lowest BCUT2D eigenvalue weighted by Gasteiger charge is -2.19. The summed E-state index contributed by atoms with van der Waals surface area (Å²) in [7, 11) is 0. The predicted molar refractivity (Wildman–Crippen MR) is 175 cm³/mol. The van der Waals surface area contributed by atoms with Crippen molar-refractivity contribution in [3.63, 3.8) is 0 Å². The van der Waals surface area contributed by atoms with Crippen LogP contribution in [0.4, 0.5) is 20.0 Å². The number of anilines is 2. The maximum atomic E-state index is 15.3. The Bertz CT molecular complexity index is 2030. The van der Waals surface area contributed by atoms with E-state index in [9.17, 15) is 10.1 Å². The van der Waals surface area contributed by atoms with E-state index in [-0.39, 0.29) is 21.9 Å². The molecule has 3 aromatic heterocycles. The first-order valence-corrected chi connectivity index (χ1v) is 16.3. The summed E-state index contributed by atoms with van der Waals surface area (Å²) < 4.78 is 26.9. The number of fused-ring (bicyclic) bond motifs is 4. The molecule has 14 heteroatoms. The van der Waals surface area contributed by atoms with Gasteiger partial charge in [0.15, 0.2) is 5.16 Å². The van der Waals surface area contributed by atoms with Crippen molar-refractivity contribution in [3.05, 3.63) is 57.1 Å². The van der Waals surface area contributed by atoms with E-state index in [2.05, 4.69) is 26.9 Å². The van der Waals surface area contributed by atoms with Crippen LogP contribution in [0.2, 0.25) is 5.02 Å². The third-order valence-electron chi connectivity index (χ3n) is 7.04. The molecule has 4 heterocycles. The van der Waals surface area contributed by atoms with Gasteiger partial charge in [-0.1, -0.05) is 36.4 Å². The van der Waals surface area contributed by atoms with Crippen LogP contribution in [0.1, 0.15) is 55.8 Å². The number of benzene rings is 2. The van der Waals surface area contributed by atoms with Gasteiger partial charge in [-0.2, -0.15) is 10.4 Å². The van der Waals surface area contributed by atoms with Gasteiger partial charge in [-0.15, -0.1) is 11.3 Å². The number of hydrogen-bond acceptors (Lipinski definition) is 10. The van der Waals surface area contributed by atoms with Crippen molar-refractivity contribution in [2.75, 3.05) is 16.4 Å². The number of H-pyrrole nitrogens is 1. The first-order chi connectivity index (χ1) is 21.5. The number of halogens is 2. The van der Waals surface area contributed by atoms with Gasteiger partial charge in [-0.05, 0) is 62.3 Å². The zero-order chi connectivity index (χ0) is 32.0. The van der Waals surface area contributed by atoms with Crippen molar-refractivity contribution in [1.82, 2.24) is 20.2 Å². The second-order valence-electron chi connectivity index (χ2n) is 11.4. The summed E-state index contributed by atoms with van der Waals surface area (Å²) in [5.41, 5.74) is 4.44. The maximum Gasteiger partial charge on any atom is 0.412 e. The Balaban J connectivity index is 1.56. The number of hydrogen-bond donors (Lipinski definition) is 3. The molecule has 0 radical (unpaired) electrons. The minimum Gasteiger partial charge on any atom is -0.444 e. The average molecular weight is 666 g/mol. The number of ether oxygens (including phenoxy) is 2. The number of nitrogens with zero attached hydrogens (tertiary/aromatic N) is 4. The molecule has 0 saturated carbocycles. The number of amides is 1. The Morgan fingerprint density at radius 1 is 1.27 bits per heavy atom. The van der Waals surface area contributed by atoms with Crippen molar-refractivity contribution in [2.45, 2.75) is 65.1 Å². The minimum absolute atomic E-state index is 0.112. The lowest BCUT2D eigenvalue weighted by Crippen LogP contribution is -2.27. The molecule has 1 amide bonds. The summed E-state index contributed by atoms with van der Waals surface area (Å²) in [5.74, 6) is 0.830. The van der Waals surface area contributed by atoms with Gasteiger partial charge in [0.05, 0.1) is 57.3 Å². The Labute approximate surface area is 271 Å². The predicted octanol–water partition coefficient (Wildman–Crippen LogP) is 8.31. The van der Waals surface area contributed by atoms with Crippen LogP contribution >= 0.6 is 34.7 Å². The summed E-state index contributed by atoms with van der Waals surface area (Å²) >= 11 is 9.71. The number of aromatic amines is 1. The van der Waals surface area contributed by atoms with Gasteiger partial charge >= 0.3 is 6.09 Å². The van der Waals surface area contributed by atoms with Crippen molar-refractivity contribution in [2.24, 2.45) is 0 Å². The zero-order valence-electron chi connectivity index (χ0n) is 25.1. The van der Waals surface area contributed by atoms with Gasteiger partial charge in [0, 0.05) is 10.9 Å². The molecule has 3 N–H and O–H groups in total. The second kappa shape index (κ2) is 12.1. The standard InChI is InChI=1S/C31H29ClFN7O3S2/c1-6-44-29-36-25-23(27(37-29)35-11-15-9-14(2)39-40-15)19-13-42-12-18(19)21(24(25)32)16-7-8-20(33)26-22(16)17(10-34)28(45-26)38-30(41)43-31(3,4)5/h7-9H,6,11-13H2,1-5H3,(H,38,41)(H,39,40)(H,35,36,37). The highest BCUT2D eigenvalue weighted by atomic mass is 35.5. The highest BCUT2D eigenvalue weighted by Crippen LogP contribution is 2.49. The number of thioether (sulfide) groups is 1. The van der Waals surface area contributed by atoms with Crippen molar-refractivity contribution in [3.8, 4) is 17.2 Å². The van der Waals surface area contributed by atoms with Crippen LogP contribution in [0.15, 0.2) is 23.4 Å². The van der Waals surface area contributed by atoms with Crippen LogP contribution in [0.5, 0.6) is 0 Å². The number of rotatable bonds is 7.